The number of rotatable bonds is 3. The Morgan fingerprint density at radius 1 is 1.33 bits per heavy atom. The van der Waals surface area contributed by atoms with Gasteiger partial charge < -0.3 is 5.32 Å². The number of nitrogens with zero attached hydrogens (tertiary/aromatic N) is 1. The van der Waals surface area contributed by atoms with Crippen LogP contribution in [0.25, 0.3) is 0 Å². The SMILES string of the molecule is CN(C1CCNC1)S(=O)(=O)c1cc(C(F)(F)F)ccc1F. The fourth-order valence-corrected chi connectivity index (χ4v) is 3.65. The zero-order valence-corrected chi connectivity index (χ0v) is 11.9. The number of sulfonamides is 1. The van der Waals surface area contributed by atoms with Crippen LogP contribution in [0.2, 0.25) is 0 Å². The van der Waals surface area contributed by atoms with Crippen molar-refractivity contribution in [1.29, 1.82) is 0 Å². The Kier molecular flexibility index (Phi) is 4.27. The summed E-state index contributed by atoms with van der Waals surface area (Å²) in [7, 11) is -3.07. The molecule has 1 heterocycles. The molecule has 1 saturated heterocycles. The third kappa shape index (κ3) is 3.19. The molecule has 0 spiro atoms. The molecule has 1 atom stereocenters. The topological polar surface area (TPSA) is 49.4 Å². The summed E-state index contributed by atoms with van der Waals surface area (Å²) in [4.78, 5) is -0.952. The average molecular weight is 326 g/mol. The van der Waals surface area contributed by atoms with Crippen molar-refractivity contribution >= 4 is 10.0 Å². The smallest absolute Gasteiger partial charge is 0.315 e. The van der Waals surface area contributed by atoms with Crippen molar-refractivity contribution in [1.82, 2.24) is 9.62 Å². The summed E-state index contributed by atoms with van der Waals surface area (Å²) < 4.78 is 77.2. The van der Waals surface area contributed by atoms with E-state index in [4.69, 9.17) is 0 Å². The van der Waals surface area contributed by atoms with E-state index in [2.05, 4.69) is 5.32 Å². The maximum absolute atomic E-state index is 13.7. The lowest BCUT2D eigenvalue weighted by Crippen LogP contribution is -2.38. The van der Waals surface area contributed by atoms with Crippen LogP contribution < -0.4 is 5.32 Å². The second kappa shape index (κ2) is 5.54. The van der Waals surface area contributed by atoms with Crippen LogP contribution in [0.4, 0.5) is 17.6 Å². The van der Waals surface area contributed by atoms with Gasteiger partial charge >= 0.3 is 6.18 Å². The van der Waals surface area contributed by atoms with Gasteiger partial charge in [-0.2, -0.15) is 17.5 Å². The van der Waals surface area contributed by atoms with Crippen molar-refractivity contribution in [2.45, 2.75) is 23.5 Å². The van der Waals surface area contributed by atoms with Crippen molar-refractivity contribution in [3.05, 3.63) is 29.6 Å². The van der Waals surface area contributed by atoms with Crippen LogP contribution in [0.5, 0.6) is 0 Å². The summed E-state index contributed by atoms with van der Waals surface area (Å²) in [5.41, 5.74) is -1.19. The molecule has 4 nitrogen and oxygen atoms in total. The number of hydrogen-bond donors (Lipinski definition) is 1. The third-order valence-electron chi connectivity index (χ3n) is 3.46. The molecular weight excluding hydrogens is 312 g/mol. The van der Waals surface area contributed by atoms with Gasteiger partial charge in [-0.05, 0) is 31.2 Å². The molecule has 1 aromatic carbocycles. The van der Waals surface area contributed by atoms with E-state index in [9.17, 15) is 26.0 Å². The minimum atomic E-state index is -4.73. The van der Waals surface area contributed by atoms with E-state index in [1.807, 2.05) is 0 Å². The summed E-state index contributed by atoms with van der Waals surface area (Å²) in [6.45, 7) is 0.992. The van der Waals surface area contributed by atoms with Gasteiger partial charge in [0.2, 0.25) is 10.0 Å². The molecule has 1 unspecified atom stereocenters. The molecule has 21 heavy (non-hydrogen) atoms. The van der Waals surface area contributed by atoms with Crippen LogP contribution in [-0.2, 0) is 16.2 Å². The largest absolute Gasteiger partial charge is 0.416 e. The maximum atomic E-state index is 13.7. The highest BCUT2D eigenvalue weighted by Gasteiger charge is 2.36. The highest BCUT2D eigenvalue weighted by atomic mass is 32.2. The summed E-state index contributed by atoms with van der Waals surface area (Å²) in [5, 5.41) is 2.95. The minimum absolute atomic E-state index is 0.337. The van der Waals surface area contributed by atoms with E-state index >= 15 is 0 Å². The van der Waals surface area contributed by atoms with Gasteiger partial charge in [0, 0.05) is 19.6 Å². The zero-order chi connectivity index (χ0) is 15.8. The molecule has 0 radical (unpaired) electrons. The molecule has 118 valence electrons. The van der Waals surface area contributed by atoms with E-state index < -0.39 is 38.5 Å². The first-order chi connectivity index (χ1) is 9.64. The van der Waals surface area contributed by atoms with E-state index in [-0.39, 0.29) is 0 Å². The monoisotopic (exact) mass is 326 g/mol. The van der Waals surface area contributed by atoms with Crippen molar-refractivity contribution < 1.29 is 26.0 Å². The minimum Gasteiger partial charge on any atom is -0.315 e. The van der Waals surface area contributed by atoms with Crippen LogP contribution in [-0.4, -0.2) is 38.9 Å². The van der Waals surface area contributed by atoms with Crippen molar-refractivity contribution in [3.8, 4) is 0 Å². The molecule has 1 fully saturated rings. The second-order valence-corrected chi connectivity index (χ2v) is 6.78. The van der Waals surface area contributed by atoms with E-state index in [1.54, 1.807) is 0 Å². The van der Waals surface area contributed by atoms with Crippen molar-refractivity contribution in [2.75, 3.05) is 20.1 Å². The van der Waals surface area contributed by atoms with Crippen molar-refractivity contribution in [3.63, 3.8) is 0 Å². The Morgan fingerprint density at radius 3 is 2.52 bits per heavy atom. The number of likely N-dealkylation sites (N-methyl/N-ethyl adjacent to an activating group) is 1. The fraction of sp³-hybridized carbons (Fsp3) is 0.500. The lowest BCUT2D eigenvalue weighted by atomic mass is 10.2. The van der Waals surface area contributed by atoms with E-state index in [0.29, 0.717) is 37.7 Å². The normalized spacial score (nSPS) is 20.2. The van der Waals surface area contributed by atoms with Crippen molar-refractivity contribution in [2.24, 2.45) is 0 Å². The third-order valence-corrected chi connectivity index (χ3v) is 5.39. The number of hydrogen-bond acceptors (Lipinski definition) is 3. The Labute approximate surface area is 119 Å². The first-order valence-corrected chi connectivity index (χ1v) is 7.63. The molecule has 2 rings (SSSR count). The van der Waals surface area contributed by atoms with Crippen LogP contribution >= 0.6 is 0 Å². The van der Waals surface area contributed by atoms with Gasteiger partial charge in [0.05, 0.1) is 5.56 Å². The molecule has 0 aliphatic carbocycles. The maximum Gasteiger partial charge on any atom is 0.416 e. The van der Waals surface area contributed by atoms with E-state index in [1.165, 1.54) is 7.05 Å². The Morgan fingerprint density at radius 2 is 2.00 bits per heavy atom. The first-order valence-electron chi connectivity index (χ1n) is 6.19. The predicted octanol–water partition coefficient (Wildman–Crippen LogP) is 1.83. The van der Waals surface area contributed by atoms with Gasteiger partial charge in [-0.15, -0.1) is 0 Å². The summed E-state index contributed by atoms with van der Waals surface area (Å²) >= 11 is 0. The molecular formula is C12H14F4N2O2S. The molecule has 0 bridgehead atoms. The van der Waals surface area contributed by atoms with Gasteiger partial charge in [0.1, 0.15) is 10.7 Å². The number of benzene rings is 1. The lowest BCUT2D eigenvalue weighted by Gasteiger charge is -2.23. The molecule has 1 aliphatic rings. The van der Waals surface area contributed by atoms with Gasteiger partial charge in [-0.3, -0.25) is 0 Å². The quantitative estimate of drug-likeness (QED) is 0.862. The average Bonchev–Trinajstić information content (AvgIpc) is 2.90. The van der Waals surface area contributed by atoms with Gasteiger partial charge in [-0.1, -0.05) is 0 Å². The number of halogens is 4. The van der Waals surface area contributed by atoms with Crippen LogP contribution in [0.3, 0.4) is 0 Å². The number of nitrogens with one attached hydrogen (secondary N) is 1. The highest BCUT2D eigenvalue weighted by molar-refractivity contribution is 7.89. The molecule has 0 saturated carbocycles. The fourth-order valence-electron chi connectivity index (χ4n) is 2.18. The highest BCUT2D eigenvalue weighted by Crippen LogP contribution is 2.32. The Hall–Kier alpha value is -1.19. The molecule has 0 aromatic heterocycles. The summed E-state index contributed by atoms with van der Waals surface area (Å²) in [5.74, 6) is -1.19. The van der Waals surface area contributed by atoms with Crippen LogP contribution in [0, 0.1) is 5.82 Å². The van der Waals surface area contributed by atoms with Crippen LogP contribution in [0.1, 0.15) is 12.0 Å². The molecule has 9 heteroatoms. The van der Waals surface area contributed by atoms with E-state index in [0.717, 1.165) is 4.31 Å². The standard InChI is InChI=1S/C12H14F4N2O2S/c1-18(9-4-5-17-7-9)21(19,20)11-6-8(12(14,15)16)2-3-10(11)13/h2-3,6,9,17H,4-5,7H2,1H3. The molecule has 0 amide bonds. The summed E-state index contributed by atoms with van der Waals surface area (Å²) in [6.07, 6.45) is -4.21. The predicted molar refractivity (Wildman–Crippen MR) is 67.6 cm³/mol. The number of alkyl halides is 3. The van der Waals surface area contributed by atoms with Gasteiger partial charge in [-0.25, -0.2) is 12.8 Å². The van der Waals surface area contributed by atoms with Crippen LogP contribution in [0.15, 0.2) is 23.1 Å². The summed E-state index contributed by atoms with van der Waals surface area (Å²) in [6, 6.07) is 0.981. The zero-order valence-electron chi connectivity index (χ0n) is 11.1. The van der Waals surface area contributed by atoms with Gasteiger partial charge in [0.15, 0.2) is 0 Å². The Balaban J connectivity index is 2.44. The lowest BCUT2D eigenvalue weighted by molar-refractivity contribution is -0.137. The molecule has 1 N–H and O–H groups in total. The molecule has 1 aliphatic heterocycles. The van der Waals surface area contributed by atoms with Gasteiger partial charge in [0.25, 0.3) is 0 Å². The molecule has 1 aromatic rings. The Bertz CT molecular complexity index is 625. The second-order valence-electron chi connectivity index (χ2n) is 4.81. The first kappa shape index (κ1) is 16.2.